The first-order valence-corrected chi connectivity index (χ1v) is 36.3. The zero-order chi connectivity index (χ0) is 35.7. The Balaban J connectivity index is 1.54. The summed E-state index contributed by atoms with van der Waals surface area (Å²) in [7, 11) is 14.4. The van der Waals surface area contributed by atoms with E-state index in [1.165, 1.54) is 77.2 Å². The predicted octanol–water partition coefficient (Wildman–Crippen LogP) is 13.6. The van der Waals surface area contributed by atoms with E-state index in [9.17, 15) is 0 Å². The van der Waals surface area contributed by atoms with Gasteiger partial charge >= 0.3 is 310 Å². The van der Waals surface area contributed by atoms with Crippen molar-refractivity contribution in [2.24, 2.45) is 0 Å². The first-order chi connectivity index (χ1) is 22.9. The summed E-state index contributed by atoms with van der Waals surface area (Å²) in [5.41, 5.74) is 16.1. The minimum absolute atomic E-state index is 0.0703. The third-order valence-electron chi connectivity index (χ3n) is 11.8. The van der Waals surface area contributed by atoms with Crippen LogP contribution in [0.1, 0.15) is 74.2 Å². The first-order valence-electron chi connectivity index (χ1n) is 18.4. The Labute approximate surface area is 307 Å². The molecule has 0 fully saturated rings. The molecule has 4 aromatic carbocycles. The second-order valence-corrected chi connectivity index (χ2v) is 50.0. The van der Waals surface area contributed by atoms with Crippen molar-refractivity contribution in [3.8, 4) is 22.3 Å². The third kappa shape index (κ3) is 6.26. The number of aryl methyl sites for hydroxylation is 2. The molecule has 0 nitrogen and oxygen atoms in total. The standard InChI is InChI=1S/2C21H25Si.C2H5.2ClH.Zr/c2*1-6-16-13-20-15(2)7-12-19(21(20)14-16)17-8-10-18(11-9-17)22(3,4)5;1-2;;;/h2*7-14H,6H2,1-5H3;1H2,2H3;2*1H;/q;;;;;+2/p-2. The Bertz CT molecular complexity index is 1850. The molecule has 0 aromatic heterocycles. The average molecular weight is 802 g/mol. The van der Waals surface area contributed by atoms with Crippen molar-refractivity contribution < 1.29 is 16.4 Å². The van der Waals surface area contributed by atoms with Crippen LogP contribution in [0.4, 0.5) is 0 Å². The van der Waals surface area contributed by atoms with Crippen molar-refractivity contribution in [1.29, 1.82) is 0 Å². The molecule has 0 heterocycles. The van der Waals surface area contributed by atoms with E-state index in [0.29, 0.717) is 0 Å². The van der Waals surface area contributed by atoms with Crippen LogP contribution in [0.3, 0.4) is 0 Å². The maximum atomic E-state index is 8.58. The molecule has 0 saturated carbocycles. The zero-order valence-corrected chi connectivity index (χ0v) is 37.6. The van der Waals surface area contributed by atoms with Crippen molar-refractivity contribution in [1.82, 2.24) is 0 Å². The van der Waals surface area contributed by atoms with Crippen LogP contribution in [0.2, 0.25) is 43.4 Å². The minimum atomic E-state index is -4.87. The molecule has 257 valence electrons. The van der Waals surface area contributed by atoms with Crippen LogP contribution in [-0.2, 0) is 16.4 Å². The molecule has 5 heteroatoms. The van der Waals surface area contributed by atoms with Gasteiger partial charge in [0.2, 0.25) is 0 Å². The molecule has 0 saturated heterocycles. The van der Waals surface area contributed by atoms with Crippen molar-refractivity contribution >= 4 is 55.7 Å². The monoisotopic (exact) mass is 799 g/mol. The summed E-state index contributed by atoms with van der Waals surface area (Å²) in [4.78, 5) is 0. The second kappa shape index (κ2) is 13.0. The number of allylic oxidation sites excluding steroid dienone is 2. The average Bonchev–Trinajstić information content (AvgIpc) is 3.67. The number of hydrogen-bond donors (Lipinski definition) is 0. The predicted molar refractivity (Wildman–Crippen MR) is 223 cm³/mol. The molecule has 2 atom stereocenters. The Kier molecular flexibility index (Phi) is 9.85. The van der Waals surface area contributed by atoms with Crippen molar-refractivity contribution in [2.45, 2.75) is 98.1 Å². The van der Waals surface area contributed by atoms with E-state index in [0.717, 1.165) is 17.0 Å². The third-order valence-corrected chi connectivity index (χ3v) is 36.6. The fraction of sp³-hybridized carbons (Fsp3) is 0.364. The van der Waals surface area contributed by atoms with Gasteiger partial charge in [-0.3, -0.25) is 0 Å². The van der Waals surface area contributed by atoms with E-state index < -0.39 is 32.5 Å². The molecule has 2 aliphatic rings. The molecule has 2 aliphatic carbocycles. The van der Waals surface area contributed by atoms with Gasteiger partial charge in [-0.05, 0) is 0 Å². The van der Waals surface area contributed by atoms with Crippen LogP contribution in [0.25, 0.3) is 34.4 Å². The van der Waals surface area contributed by atoms with Crippen LogP contribution in [0.15, 0.2) is 83.9 Å². The Hall–Kier alpha value is -1.74. The van der Waals surface area contributed by atoms with E-state index in [-0.39, 0.29) is 7.25 Å². The van der Waals surface area contributed by atoms with E-state index in [2.05, 4.69) is 159 Å². The number of hydrogen-bond acceptors (Lipinski definition) is 0. The fourth-order valence-electron chi connectivity index (χ4n) is 8.81. The number of benzene rings is 4. The maximum absolute atomic E-state index is 8.58. The van der Waals surface area contributed by atoms with Gasteiger partial charge in [0.1, 0.15) is 0 Å². The second-order valence-electron chi connectivity index (χ2n) is 16.9. The number of rotatable bonds is 9. The molecule has 49 heavy (non-hydrogen) atoms. The molecule has 6 rings (SSSR count). The molecule has 0 aliphatic heterocycles. The SMILES string of the molecule is CCC1=Cc2c(-c3ccc([Si](C)(C)C)cc3)ccc(C)c2[CH]1[Zr]([Cl])([Cl])([CH2]C)[CH]1C(CC)=Cc2c(-c3ccc([Si](C)(C)C)cc3)ccc(C)c21. The van der Waals surface area contributed by atoms with Gasteiger partial charge in [-0.15, -0.1) is 0 Å². The van der Waals surface area contributed by atoms with Gasteiger partial charge in [0.15, 0.2) is 0 Å². The van der Waals surface area contributed by atoms with Crippen LogP contribution < -0.4 is 10.4 Å². The van der Waals surface area contributed by atoms with Crippen molar-refractivity contribution in [3.63, 3.8) is 0 Å². The van der Waals surface area contributed by atoms with E-state index in [4.69, 9.17) is 17.0 Å². The van der Waals surface area contributed by atoms with Gasteiger partial charge in [-0.2, -0.15) is 0 Å². The van der Waals surface area contributed by atoms with Gasteiger partial charge in [-0.1, -0.05) is 0 Å². The van der Waals surface area contributed by atoms with Gasteiger partial charge in [-0.25, -0.2) is 0 Å². The molecule has 2 unspecified atom stereocenters. The summed E-state index contributed by atoms with van der Waals surface area (Å²) >= 11 is -4.87. The zero-order valence-electron chi connectivity index (χ0n) is 31.6. The van der Waals surface area contributed by atoms with Gasteiger partial charge < -0.3 is 0 Å². The molecule has 0 spiro atoms. The fourth-order valence-corrected chi connectivity index (χ4v) is 29.8. The van der Waals surface area contributed by atoms with E-state index >= 15 is 0 Å². The Morgan fingerprint density at radius 1 is 0.531 bits per heavy atom. The Morgan fingerprint density at radius 3 is 1.16 bits per heavy atom. The molecular weight excluding hydrogens is 747 g/mol. The molecular formula is C44H55Cl2Si2Zr. The summed E-state index contributed by atoms with van der Waals surface area (Å²) < 4.78 is 0.971. The van der Waals surface area contributed by atoms with Gasteiger partial charge in [0.25, 0.3) is 0 Å². The van der Waals surface area contributed by atoms with Crippen LogP contribution >= 0.6 is 17.0 Å². The summed E-state index contributed by atoms with van der Waals surface area (Å²) in [6.45, 7) is 25.9. The van der Waals surface area contributed by atoms with Crippen molar-refractivity contribution in [2.75, 3.05) is 0 Å². The Morgan fingerprint density at radius 2 is 0.878 bits per heavy atom. The van der Waals surface area contributed by atoms with Gasteiger partial charge in [0.05, 0.1) is 0 Å². The summed E-state index contributed by atoms with van der Waals surface area (Å²) in [6, 6.07) is 28.1. The topological polar surface area (TPSA) is 0 Å². The van der Waals surface area contributed by atoms with Crippen LogP contribution in [0, 0.1) is 13.8 Å². The first kappa shape index (κ1) is 37.0. The summed E-state index contributed by atoms with van der Waals surface area (Å²) in [5, 5.41) is 2.98. The molecule has 0 bridgehead atoms. The van der Waals surface area contributed by atoms with E-state index in [1.807, 2.05) is 0 Å². The molecule has 4 aromatic rings. The summed E-state index contributed by atoms with van der Waals surface area (Å²) in [6.07, 6.45) is 6.86. The molecule has 0 N–H and O–H groups in total. The van der Waals surface area contributed by atoms with Crippen LogP contribution in [0.5, 0.6) is 0 Å². The molecule has 0 amide bonds. The van der Waals surface area contributed by atoms with Crippen LogP contribution in [-0.4, -0.2) is 16.1 Å². The van der Waals surface area contributed by atoms with Gasteiger partial charge in [0, 0.05) is 0 Å². The van der Waals surface area contributed by atoms with Crippen molar-refractivity contribution in [3.05, 3.63) is 117 Å². The normalized spacial score (nSPS) is 18.4. The summed E-state index contributed by atoms with van der Waals surface area (Å²) in [5.74, 6) is 0. The molecule has 0 radical (unpaired) electrons. The van der Waals surface area contributed by atoms with E-state index in [1.54, 1.807) is 0 Å². The quantitative estimate of drug-likeness (QED) is 0.148. The number of fused-ring (bicyclic) bond motifs is 2. The number of halogens is 2.